The number of carbonyl (C=O) groups excluding carboxylic acids is 1. The number of anilines is 1. The molecule has 0 aliphatic carbocycles. The van der Waals surface area contributed by atoms with Gasteiger partial charge in [-0.15, -0.1) is 0 Å². The zero-order chi connectivity index (χ0) is 23.6. The number of carboxylic acid groups (broad SMARTS) is 1. The van der Waals surface area contributed by atoms with E-state index >= 15 is 0 Å². The fourth-order valence-electron chi connectivity index (χ4n) is 4.42. The van der Waals surface area contributed by atoms with Gasteiger partial charge in [-0.3, -0.25) is 19.5 Å². The van der Waals surface area contributed by atoms with Crippen molar-refractivity contribution in [2.45, 2.75) is 45.6 Å². The van der Waals surface area contributed by atoms with Crippen LogP contribution in [0.3, 0.4) is 0 Å². The predicted octanol–water partition coefficient (Wildman–Crippen LogP) is 3.61. The fraction of sp³-hybridized carbons (Fsp3) is 0.520. The molecule has 0 bridgehead atoms. The Morgan fingerprint density at radius 2 is 1.79 bits per heavy atom. The van der Waals surface area contributed by atoms with Gasteiger partial charge in [0, 0.05) is 19.6 Å². The lowest BCUT2D eigenvalue weighted by Gasteiger charge is -2.37. The van der Waals surface area contributed by atoms with Gasteiger partial charge in [-0.25, -0.2) is 4.98 Å². The van der Waals surface area contributed by atoms with Gasteiger partial charge in [0.05, 0.1) is 18.4 Å². The van der Waals surface area contributed by atoms with Crippen LogP contribution in [0.25, 0.3) is 0 Å². The second-order valence-corrected chi connectivity index (χ2v) is 8.92. The molecule has 1 aromatic heterocycles. The second-order valence-electron chi connectivity index (χ2n) is 8.92. The lowest BCUT2D eigenvalue weighted by atomic mass is 9.95. The van der Waals surface area contributed by atoms with Crippen LogP contribution in [0.1, 0.15) is 60.3 Å². The zero-order valence-electron chi connectivity index (χ0n) is 19.6. The molecule has 178 valence electrons. The summed E-state index contributed by atoms with van der Waals surface area (Å²) in [6.45, 7) is 8.82. The number of likely N-dealkylation sites (tertiary alicyclic amines) is 2. The fourth-order valence-corrected chi connectivity index (χ4v) is 4.42. The van der Waals surface area contributed by atoms with Crippen LogP contribution < -0.4 is 5.32 Å². The normalized spacial score (nSPS) is 17.7. The monoisotopic (exact) mass is 453 g/mol. The van der Waals surface area contributed by atoms with Crippen LogP contribution in [0, 0.1) is 12.8 Å². The first-order valence-electron chi connectivity index (χ1n) is 11.8. The minimum Gasteiger partial charge on any atom is -0.483 e. The van der Waals surface area contributed by atoms with E-state index in [-0.39, 0.29) is 18.4 Å². The van der Waals surface area contributed by atoms with E-state index in [4.69, 9.17) is 9.90 Å². The average Bonchev–Trinajstić information content (AvgIpc) is 3.37. The van der Waals surface area contributed by atoms with Gasteiger partial charge in [-0.05, 0) is 57.2 Å². The second kappa shape index (κ2) is 12.3. The molecule has 0 saturated carbocycles. The number of aryl methyl sites for hydroxylation is 1. The Kier molecular flexibility index (Phi) is 9.18. The van der Waals surface area contributed by atoms with E-state index in [1.807, 2.05) is 4.90 Å². The molecule has 2 fully saturated rings. The van der Waals surface area contributed by atoms with Crippen molar-refractivity contribution in [3.63, 3.8) is 0 Å². The van der Waals surface area contributed by atoms with Crippen LogP contribution in [0.15, 0.2) is 36.7 Å². The first-order valence-corrected chi connectivity index (χ1v) is 11.8. The molecule has 2 N–H and O–H groups in total. The van der Waals surface area contributed by atoms with Crippen molar-refractivity contribution in [2.75, 3.05) is 38.0 Å². The van der Waals surface area contributed by atoms with Gasteiger partial charge in [0.1, 0.15) is 11.5 Å². The standard InChI is InChI=1S/C24H33N5O.CH2O2/c1-18-5-7-20(8-6-18)22(28-13-9-19(2)10-14-28)16-26-23-17-25-15-21(27-23)24(30)29-11-3-4-12-29;2-1-3/h5-8,15,17,19,22H,3-4,9-14,16H2,1-2H3,(H,26,27);1H,(H,2,3). The van der Waals surface area contributed by atoms with Crippen molar-refractivity contribution in [3.8, 4) is 0 Å². The molecule has 1 amide bonds. The van der Waals surface area contributed by atoms with Crippen molar-refractivity contribution >= 4 is 18.2 Å². The Balaban J connectivity index is 0.000000968. The summed E-state index contributed by atoms with van der Waals surface area (Å²) >= 11 is 0. The molecule has 1 aromatic carbocycles. The summed E-state index contributed by atoms with van der Waals surface area (Å²) in [5, 5.41) is 10.4. The molecule has 2 saturated heterocycles. The highest BCUT2D eigenvalue weighted by molar-refractivity contribution is 5.92. The Labute approximate surface area is 196 Å². The lowest BCUT2D eigenvalue weighted by Crippen LogP contribution is -2.39. The molecule has 0 radical (unpaired) electrons. The summed E-state index contributed by atoms with van der Waals surface area (Å²) in [6.07, 6.45) is 7.91. The van der Waals surface area contributed by atoms with Gasteiger partial charge >= 0.3 is 0 Å². The molecule has 8 heteroatoms. The highest BCUT2D eigenvalue weighted by atomic mass is 16.3. The SMILES string of the molecule is Cc1ccc(C(CNc2cncc(C(=O)N3CCCC3)n2)N2CCC(C)CC2)cc1.O=CO. The summed E-state index contributed by atoms with van der Waals surface area (Å²) < 4.78 is 0. The van der Waals surface area contributed by atoms with Crippen LogP contribution in [0.2, 0.25) is 0 Å². The Morgan fingerprint density at radius 1 is 1.15 bits per heavy atom. The van der Waals surface area contributed by atoms with Gasteiger partial charge in [0.2, 0.25) is 0 Å². The molecule has 33 heavy (non-hydrogen) atoms. The van der Waals surface area contributed by atoms with E-state index in [0.29, 0.717) is 11.5 Å². The number of carbonyl (C=O) groups is 2. The topological polar surface area (TPSA) is 98.7 Å². The van der Waals surface area contributed by atoms with Crippen molar-refractivity contribution < 1.29 is 14.7 Å². The third-order valence-corrected chi connectivity index (χ3v) is 6.44. The molecule has 8 nitrogen and oxygen atoms in total. The van der Waals surface area contributed by atoms with E-state index in [1.165, 1.54) is 24.0 Å². The third kappa shape index (κ3) is 6.99. The molecule has 2 aliphatic rings. The van der Waals surface area contributed by atoms with Crippen LogP contribution in [0.4, 0.5) is 5.82 Å². The summed E-state index contributed by atoms with van der Waals surface area (Å²) in [6, 6.07) is 9.11. The largest absolute Gasteiger partial charge is 0.483 e. The summed E-state index contributed by atoms with van der Waals surface area (Å²) in [4.78, 5) is 34.3. The summed E-state index contributed by atoms with van der Waals surface area (Å²) in [5.74, 6) is 1.46. The van der Waals surface area contributed by atoms with Gasteiger partial charge in [-0.2, -0.15) is 0 Å². The van der Waals surface area contributed by atoms with Crippen molar-refractivity contribution in [1.82, 2.24) is 19.8 Å². The minimum atomic E-state index is -0.250. The molecular weight excluding hydrogens is 418 g/mol. The van der Waals surface area contributed by atoms with Crippen molar-refractivity contribution in [3.05, 3.63) is 53.5 Å². The first-order chi connectivity index (χ1) is 16.0. The van der Waals surface area contributed by atoms with Gasteiger partial charge in [-0.1, -0.05) is 36.8 Å². The maximum absolute atomic E-state index is 12.7. The number of benzene rings is 1. The summed E-state index contributed by atoms with van der Waals surface area (Å²) in [5.41, 5.74) is 3.03. The quantitative estimate of drug-likeness (QED) is 0.645. The number of piperidine rings is 1. The predicted molar refractivity (Wildman–Crippen MR) is 128 cm³/mol. The van der Waals surface area contributed by atoms with Gasteiger partial charge < -0.3 is 15.3 Å². The molecule has 1 unspecified atom stereocenters. The molecular formula is C25H35N5O3. The van der Waals surface area contributed by atoms with Crippen LogP contribution in [-0.4, -0.2) is 70.0 Å². The van der Waals surface area contributed by atoms with E-state index in [9.17, 15) is 4.79 Å². The van der Waals surface area contributed by atoms with Crippen molar-refractivity contribution in [2.24, 2.45) is 5.92 Å². The number of hydrogen-bond acceptors (Lipinski definition) is 6. The number of aromatic nitrogens is 2. The van der Waals surface area contributed by atoms with E-state index < -0.39 is 0 Å². The van der Waals surface area contributed by atoms with Gasteiger partial charge in [0.15, 0.2) is 0 Å². The van der Waals surface area contributed by atoms with E-state index in [1.54, 1.807) is 12.4 Å². The van der Waals surface area contributed by atoms with E-state index in [0.717, 1.165) is 51.5 Å². The van der Waals surface area contributed by atoms with Gasteiger partial charge in [0.25, 0.3) is 12.4 Å². The highest BCUT2D eigenvalue weighted by Gasteiger charge is 2.25. The number of nitrogens with zero attached hydrogens (tertiary/aromatic N) is 4. The Hall–Kier alpha value is -3.00. The molecule has 1 atom stereocenters. The Bertz CT molecular complexity index is 891. The third-order valence-electron chi connectivity index (χ3n) is 6.44. The smallest absolute Gasteiger partial charge is 0.290 e. The van der Waals surface area contributed by atoms with E-state index in [2.05, 4.69) is 58.3 Å². The highest BCUT2D eigenvalue weighted by Crippen LogP contribution is 2.27. The van der Waals surface area contributed by atoms with Crippen LogP contribution in [0.5, 0.6) is 0 Å². The molecule has 2 aromatic rings. The zero-order valence-corrected chi connectivity index (χ0v) is 19.6. The average molecular weight is 454 g/mol. The maximum atomic E-state index is 12.7. The first kappa shape index (κ1) is 24.6. The van der Waals surface area contributed by atoms with Crippen LogP contribution in [-0.2, 0) is 4.79 Å². The lowest BCUT2D eigenvalue weighted by molar-refractivity contribution is -0.122. The molecule has 3 heterocycles. The molecule has 4 rings (SSSR count). The van der Waals surface area contributed by atoms with Crippen LogP contribution >= 0.6 is 0 Å². The number of amides is 1. The Morgan fingerprint density at radius 3 is 2.42 bits per heavy atom. The van der Waals surface area contributed by atoms with Crippen molar-refractivity contribution in [1.29, 1.82) is 0 Å². The summed E-state index contributed by atoms with van der Waals surface area (Å²) in [7, 11) is 0. The minimum absolute atomic E-state index is 0.0104. The number of rotatable bonds is 6. The maximum Gasteiger partial charge on any atom is 0.290 e. The number of nitrogens with one attached hydrogen (secondary N) is 1. The molecule has 2 aliphatic heterocycles. The molecule has 0 spiro atoms. The number of hydrogen-bond donors (Lipinski definition) is 2.